The molecular formula is C25H19ClN2O3. The first-order valence-corrected chi connectivity index (χ1v) is 10.0. The van der Waals surface area contributed by atoms with Gasteiger partial charge in [0.25, 0.3) is 5.91 Å². The molecule has 6 heteroatoms. The Morgan fingerprint density at radius 3 is 2.35 bits per heavy atom. The van der Waals surface area contributed by atoms with Crippen molar-refractivity contribution in [2.45, 2.75) is 6.92 Å². The summed E-state index contributed by atoms with van der Waals surface area (Å²) in [4.78, 5) is 30.3. The Bertz CT molecular complexity index is 1300. The van der Waals surface area contributed by atoms with Gasteiger partial charge in [-0.1, -0.05) is 54.1 Å². The van der Waals surface area contributed by atoms with E-state index in [1.165, 1.54) is 7.11 Å². The second-order valence-corrected chi connectivity index (χ2v) is 7.41. The van der Waals surface area contributed by atoms with E-state index in [-0.39, 0.29) is 11.5 Å². The number of amides is 1. The average Bonchev–Trinajstić information content (AvgIpc) is 2.79. The lowest BCUT2D eigenvalue weighted by Crippen LogP contribution is -2.17. The Balaban J connectivity index is 1.85. The zero-order valence-electron chi connectivity index (χ0n) is 17.0. The minimum atomic E-state index is -0.519. The maximum absolute atomic E-state index is 13.4. The number of hydrogen-bond donors (Lipinski definition) is 1. The zero-order valence-corrected chi connectivity index (χ0v) is 17.7. The molecule has 31 heavy (non-hydrogen) atoms. The van der Waals surface area contributed by atoms with Crippen LogP contribution in [-0.2, 0) is 4.74 Å². The van der Waals surface area contributed by atoms with E-state index in [0.717, 1.165) is 16.5 Å². The van der Waals surface area contributed by atoms with Gasteiger partial charge in [0.05, 0.1) is 35.1 Å². The summed E-state index contributed by atoms with van der Waals surface area (Å²) in [6.45, 7) is 1.87. The number of aromatic nitrogens is 1. The predicted molar refractivity (Wildman–Crippen MR) is 123 cm³/mol. The predicted octanol–water partition coefficient (Wildman–Crippen LogP) is 5.90. The number of benzene rings is 3. The molecule has 1 amide bonds. The number of ether oxygens (including phenoxy) is 1. The summed E-state index contributed by atoms with van der Waals surface area (Å²) in [5.74, 6) is -0.850. The van der Waals surface area contributed by atoms with Gasteiger partial charge in [0.2, 0.25) is 0 Å². The second kappa shape index (κ2) is 8.58. The first-order valence-electron chi connectivity index (χ1n) is 9.63. The van der Waals surface area contributed by atoms with E-state index in [2.05, 4.69) is 5.32 Å². The number of carbonyl (C=O) groups is 2. The van der Waals surface area contributed by atoms with Crippen molar-refractivity contribution in [2.75, 3.05) is 12.4 Å². The van der Waals surface area contributed by atoms with Crippen molar-refractivity contribution >= 4 is 40.1 Å². The van der Waals surface area contributed by atoms with E-state index in [4.69, 9.17) is 21.3 Å². The SMILES string of the molecule is COC(=O)c1ccccc1NC(=O)c1c(C)c(-c2ccc(Cl)cc2)nc2ccccc12. The highest BCUT2D eigenvalue weighted by Crippen LogP contribution is 2.31. The van der Waals surface area contributed by atoms with Crippen molar-refractivity contribution in [3.8, 4) is 11.3 Å². The maximum atomic E-state index is 13.4. The van der Waals surface area contributed by atoms with Gasteiger partial charge in [0.15, 0.2) is 0 Å². The van der Waals surface area contributed by atoms with Crippen LogP contribution in [0.4, 0.5) is 5.69 Å². The van der Waals surface area contributed by atoms with Crippen molar-refractivity contribution in [1.82, 2.24) is 4.98 Å². The normalized spacial score (nSPS) is 10.7. The van der Waals surface area contributed by atoms with Gasteiger partial charge in [0, 0.05) is 16.0 Å². The van der Waals surface area contributed by atoms with Gasteiger partial charge in [-0.2, -0.15) is 0 Å². The van der Waals surface area contributed by atoms with Crippen LogP contribution < -0.4 is 5.32 Å². The molecule has 0 unspecified atom stereocenters. The number of hydrogen-bond acceptors (Lipinski definition) is 4. The van der Waals surface area contributed by atoms with Crippen LogP contribution in [-0.4, -0.2) is 24.0 Å². The number of esters is 1. The van der Waals surface area contributed by atoms with Gasteiger partial charge < -0.3 is 10.1 Å². The van der Waals surface area contributed by atoms with Crippen LogP contribution >= 0.6 is 11.6 Å². The van der Waals surface area contributed by atoms with E-state index in [1.807, 2.05) is 43.3 Å². The first-order chi connectivity index (χ1) is 15.0. The molecule has 0 aliphatic rings. The summed E-state index contributed by atoms with van der Waals surface area (Å²) in [5.41, 5.74) is 4.15. The molecule has 0 saturated heterocycles. The number of para-hydroxylation sites is 2. The minimum Gasteiger partial charge on any atom is -0.465 e. The molecule has 0 spiro atoms. The fourth-order valence-electron chi connectivity index (χ4n) is 3.55. The third-order valence-corrected chi connectivity index (χ3v) is 5.31. The first kappa shape index (κ1) is 20.6. The number of anilines is 1. The lowest BCUT2D eigenvalue weighted by molar-refractivity contribution is 0.0602. The fourth-order valence-corrected chi connectivity index (χ4v) is 3.68. The summed E-state index contributed by atoms with van der Waals surface area (Å²) in [6.07, 6.45) is 0. The zero-order chi connectivity index (χ0) is 22.0. The molecule has 0 atom stereocenters. The summed E-state index contributed by atoms with van der Waals surface area (Å²) in [7, 11) is 1.31. The Labute approximate surface area is 184 Å². The largest absolute Gasteiger partial charge is 0.465 e. The van der Waals surface area contributed by atoms with E-state index in [1.54, 1.807) is 36.4 Å². The van der Waals surface area contributed by atoms with Crippen molar-refractivity contribution in [2.24, 2.45) is 0 Å². The fraction of sp³-hybridized carbons (Fsp3) is 0.0800. The highest BCUT2D eigenvalue weighted by molar-refractivity contribution is 6.30. The minimum absolute atomic E-state index is 0.285. The summed E-state index contributed by atoms with van der Waals surface area (Å²) >= 11 is 6.04. The molecule has 1 heterocycles. The molecule has 0 radical (unpaired) electrons. The van der Waals surface area contributed by atoms with Crippen LogP contribution in [0.25, 0.3) is 22.2 Å². The highest BCUT2D eigenvalue weighted by Gasteiger charge is 2.21. The van der Waals surface area contributed by atoms with Crippen molar-refractivity contribution in [3.05, 3.63) is 94.5 Å². The van der Waals surface area contributed by atoms with E-state index >= 15 is 0 Å². The molecule has 0 saturated carbocycles. The maximum Gasteiger partial charge on any atom is 0.339 e. The highest BCUT2D eigenvalue weighted by atomic mass is 35.5. The molecular weight excluding hydrogens is 412 g/mol. The van der Waals surface area contributed by atoms with Gasteiger partial charge in [-0.25, -0.2) is 9.78 Å². The Morgan fingerprint density at radius 2 is 1.61 bits per heavy atom. The average molecular weight is 431 g/mol. The number of nitrogens with zero attached hydrogens (tertiary/aromatic N) is 1. The summed E-state index contributed by atoms with van der Waals surface area (Å²) in [6, 6.07) is 21.6. The summed E-state index contributed by atoms with van der Waals surface area (Å²) in [5, 5.41) is 4.23. The molecule has 1 N–H and O–H groups in total. The smallest absolute Gasteiger partial charge is 0.339 e. The standard InChI is InChI=1S/C25H19ClN2O3/c1-15-22(24(29)28-21-10-6-4-8-19(21)25(30)31-2)18-7-3-5-9-20(18)27-23(15)16-11-13-17(26)14-12-16/h3-14H,1-2H3,(H,28,29). The number of nitrogens with one attached hydrogen (secondary N) is 1. The van der Waals surface area contributed by atoms with Crippen LogP contribution in [0, 0.1) is 6.92 Å². The van der Waals surface area contributed by atoms with Gasteiger partial charge >= 0.3 is 5.97 Å². The molecule has 0 aliphatic carbocycles. The van der Waals surface area contributed by atoms with Gasteiger partial charge in [-0.3, -0.25) is 4.79 Å². The lowest BCUT2D eigenvalue weighted by atomic mass is 9.97. The van der Waals surface area contributed by atoms with Gasteiger partial charge in [0.1, 0.15) is 0 Å². The number of rotatable bonds is 4. The molecule has 0 fully saturated rings. The topological polar surface area (TPSA) is 68.3 Å². The molecule has 154 valence electrons. The summed E-state index contributed by atoms with van der Waals surface area (Å²) < 4.78 is 4.83. The number of fused-ring (bicyclic) bond motifs is 1. The number of pyridine rings is 1. The van der Waals surface area contributed by atoms with Crippen LogP contribution in [0.3, 0.4) is 0 Å². The van der Waals surface area contributed by atoms with Crippen LogP contribution in [0.15, 0.2) is 72.8 Å². The van der Waals surface area contributed by atoms with Crippen molar-refractivity contribution in [3.63, 3.8) is 0 Å². The van der Waals surface area contributed by atoms with Crippen LogP contribution in [0.2, 0.25) is 5.02 Å². The molecule has 5 nitrogen and oxygen atoms in total. The van der Waals surface area contributed by atoms with Gasteiger partial charge in [-0.15, -0.1) is 0 Å². The number of methoxy groups -OCH3 is 1. The quantitative estimate of drug-likeness (QED) is 0.409. The molecule has 3 aromatic carbocycles. The third kappa shape index (κ3) is 4.00. The van der Waals surface area contributed by atoms with Crippen LogP contribution in [0.1, 0.15) is 26.3 Å². The Morgan fingerprint density at radius 1 is 0.935 bits per heavy atom. The third-order valence-electron chi connectivity index (χ3n) is 5.06. The molecule has 0 bridgehead atoms. The van der Waals surface area contributed by atoms with E-state index in [0.29, 0.717) is 27.5 Å². The van der Waals surface area contributed by atoms with E-state index in [9.17, 15) is 9.59 Å². The number of halogens is 1. The monoisotopic (exact) mass is 430 g/mol. The Kier molecular flexibility index (Phi) is 5.69. The molecule has 4 rings (SSSR count). The van der Waals surface area contributed by atoms with Crippen LogP contribution in [0.5, 0.6) is 0 Å². The second-order valence-electron chi connectivity index (χ2n) is 6.98. The van der Waals surface area contributed by atoms with Gasteiger partial charge in [-0.05, 0) is 42.8 Å². The molecule has 0 aliphatic heterocycles. The Hall–Kier alpha value is -3.70. The van der Waals surface area contributed by atoms with Crippen molar-refractivity contribution in [1.29, 1.82) is 0 Å². The molecule has 4 aromatic rings. The lowest BCUT2D eigenvalue weighted by Gasteiger charge is -2.16. The van der Waals surface area contributed by atoms with E-state index < -0.39 is 5.97 Å². The van der Waals surface area contributed by atoms with Crippen molar-refractivity contribution < 1.29 is 14.3 Å². The molecule has 1 aromatic heterocycles. The number of carbonyl (C=O) groups excluding carboxylic acids is 2.